The van der Waals surface area contributed by atoms with Crippen molar-refractivity contribution in [1.29, 1.82) is 0 Å². The van der Waals surface area contributed by atoms with Crippen LogP contribution >= 0.6 is 15.9 Å². The Balaban J connectivity index is 2.28. The Morgan fingerprint density at radius 1 is 1.44 bits per heavy atom. The molecule has 1 saturated carbocycles. The van der Waals surface area contributed by atoms with Crippen LogP contribution in [-0.4, -0.2) is 17.3 Å². The van der Waals surface area contributed by atoms with Crippen LogP contribution in [0.5, 0.6) is 0 Å². The molecule has 1 rings (SSSR count). The average Bonchev–Trinajstić information content (AvgIpc) is 2.73. The molecule has 0 saturated heterocycles. The van der Waals surface area contributed by atoms with Gasteiger partial charge in [0.2, 0.25) is 5.91 Å². The van der Waals surface area contributed by atoms with Crippen molar-refractivity contribution < 1.29 is 4.79 Å². The van der Waals surface area contributed by atoms with Crippen molar-refractivity contribution in [2.24, 2.45) is 5.41 Å². The Hall–Kier alpha value is -0.0500. The van der Waals surface area contributed by atoms with Crippen molar-refractivity contribution >= 4 is 21.8 Å². The van der Waals surface area contributed by atoms with Crippen LogP contribution in [0.15, 0.2) is 0 Å². The lowest BCUT2D eigenvalue weighted by Gasteiger charge is -2.26. The van der Waals surface area contributed by atoms with Crippen LogP contribution in [0.1, 0.15) is 58.8 Å². The molecule has 0 aliphatic heterocycles. The topological polar surface area (TPSA) is 29.1 Å². The van der Waals surface area contributed by atoms with Crippen LogP contribution in [0, 0.1) is 5.41 Å². The number of alkyl halides is 1. The molecule has 0 spiro atoms. The molecule has 0 bridgehead atoms. The number of nitrogens with one attached hydrogen (secondary N) is 1. The minimum absolute atomic E-state index is 0.0278. The van der Waals surface area contributed by atoms with Crippen LogP contribution in [0.4, 0.5) is 0 Å². The first-order valence-electron chi connectivity index (χ1n) is 6.53. The normalized spacial score (nSPS) is 20.7. The highest BCUT2D eigenvalue weighted by molar-refractivity contribution is 9.09. The van der Waals surface area contributed by atoms with E-state index < -0.39 is 0 Å². The summed E-state index contributed by atoms with van der Waals surface area (Å²) < 4.78 is 0. The first-order valence-corrected chi connectivity index (χ1v) is 7.44. The predicted molar refractivity (Wildman–Crippen MR) is 71.8 cm³/mol. The van der Waals surface area contributed by atoms with E-state index in [4.69, 9.17) is 0 Å². The summed E-state index contributed by atoms with van der Waals surface area (Å²) >= 11 is 3.52. The molecule has 2 nitrogen and oxygen atoms in total. The highest BCUT2D eigenvalue weighted by Gasteiger charge is 2.38. The quantitative estimate of drug-likeness (QED) is 0.587. The molecule has 3 heteroatoms. The fourth-order valence-electron chi connectivity index (χ4n) is 2.57. The maximum atomic E-state index is 12.1. The summed E-state index contributed by atoms with van der Waals surface area (Å²) in [5.41, 5.74) is -0.0278. The lowest BCUT2D eigenvalue weighted by Crippen LogP contribution is -2.39. The summed E-state index contributed by atoms with van der Waals surface area (Å²) in [4.78, 5) is 12.7. The second-order valence-corrected chi connectivity index (χ2v) is 6.58. The van der Waals surface area contributed by atoms with Crippen LogP contribution < -0.4 is 5.32 Å². The Labute approximate surface area is 108 Å². The molecule has 1 atom stereocenters. The summed E-state index contributed by atoms with van der Waals surface area (Å²) in [7, 11) is 0. The van der Waals surface area contributed by atoms with E-state index in [1.165, 1.54) is 12.8 Å². The van der Waals surface area contributed by atoms with Gasteiger partial charge in [-0.1, -0.05) is 42.6 Å². The zero-order chi connectivity index (χ0) is 12.0. The van der Waals surface area contributed by atoms with Gasteiger partial charge in [-0.3, -0.25) is 4.79 Å². The fourth-order valence-corrected chi connectivity index (χ4v) is 2.89. The van der Waals surface area contributed by atoms with E-state index in [9.17, 15) is 4.79 Å². The van der Waals surface area contributed by atoms with Gasteiger partial charge in [-0.15, -0.1) is 0 Å². The van der Waals surface area contributed by atoms with Gasteiger partial charge in [0.05, 0.1) is 0 Å². The lowest BCUT2D eigenvalue weighted by atomic mass is 9.82. The molecule has 1 unspecified atom stereocenters. The van der Waals surface area contributed by atoms with Crippen LogP contribution in [0.2, 0.25) is 0 Å². The van der Waals surface area contributed by atoms with Gasteiger partial charge < -0.3 is 5.32 Å². The third kappa shape index (κ3) is 3.76. The smallest absolute Gasteiger partial charge is 0.226 e. The Bertz CT molecular complexity index is 222. The third-order valence-corrected chi connectivity index (χ3v) is 4.24. The molecule has 1 fully saturated rings. The standard InChI is InChI=1S/C13H24BrNO/c1-3-13(8-4-5-9-13)12(16)15-10-6-7-11(2)14/h11H,3-10H2,1-2H3,(H,15,16). The molecular formula is C13H24BrNO. The van der Waals surface area contributed by atoms with Gasteiger partial charge in [-0.25, -0.2) is 0 Å². The molecular weight excluding hydrogens is 266 g/mol. The number of hydrogen-bond donors (Lipinski definition) is 1. The highest BCUT2D eigenvalue weighted by atomic mass is 79.9. The van der Waals surface area contributed by atoms with E-state index >= 15 is 0 Å². The number of rotatable bonds is 6. The molecule has 1 aliphatic carbocycles. The van der Waals surface area contributed by atoms with E-state index in [-0.39, 0.29) is 5.41 Å². The molecule has 0 heterocycles. The fraction of sp³-hybridized carbons (Fsp3) is 0.923. The van der Waals surface area contributed by atoms with Crippen molar-refractivity contribution in [3.8, 4) is 0 Å². The van der Waals surface area contributed by atoms with E-state index in [0.717, 1.165) is 38.6 Å². The van der Waals surface area contributed by atoms with Crippen molar-refractivity contribution in [2.45, 2.75) is 63.6 Å². The number of halogens is 1. The van der Waals surface area contributed by atoms with Gasteiger partial charge in [-0.2, -0.15) is 0 Å². The zero-order valence-electron chi connectivity index (χ0n) is 10.5. The van der Waals surface area contributed by atoms with Crippen molar-refractivity contribution in [3.63, 3.8) is 0 Å². The monoisotopic (exact) mass is 289 g/mol. The van der Waals surface area contributed by atoms with Gasteiger partial charge in [0, 0.05) is 16.8 Å². The molecule has 0 radical (unpaired) electrons. The molecule has 1 amide bonds. The number of hydrogen-bond acceptors (Lipinski definition) is 1. The average molecular weight is 290 g/mol. The number of amides is 1. The van der Waals surface area contributed by atoms with Crippen molar-refractivity contribution in [2.75, 3.05) is 6.54 Å². The minimum Gasteiger partial charge on any atom is -0.356 e. The Kier molecular flexibility index (Phi) is 5.81. The van der Waals surface area contributed by atoms with Crippen molar-refractivity contribution in [3.05, 3.63) is 0 Å². The summed E-state index contributed by atoms with van der Waals surface area (Å²) in [6.07, 6.45) is 7.80. The van der Waals surface area contributed by atoms with Crippen LogP contribution in [-0.2, 0) is 4.79 Å². The molecule has 0 aromatic heterocycles. The second kappa shape index (κ2) is 6.63. The molecule has 0 aromatic rings. The van der Waals surface area contributed by atoms with Crippen LogP contribution in [0.3, 0.4) is 0 Å². The SMILES string of the molecule is CCC1(C(=O)NCCCC(C)Br)CCCC1. The zero-order valence-corrected chi connectivity index (χ0v) is 12.1. The highest BCUT2D eigenvalue weighted by Crippen LogP contribution is 2.40. The predicted octanol–water partition coefficient (Wildman–Crippen LogP) is 3.64. The van der Waals surface area contributed by atoms with Gasteiger partial charge >= 0.3 is 0 Å². The maximum Gasteiger partial charge on any atom is 0.226 e. The first kappa shape index (κ1) is 14.0. The number of carbonyl (C=O) groups excluding carboxylic acids is 1. The molecule has 1 N–H and O–H groups in total. The third-order valence-electron chi connectivity index (χ3n) is 3.78. The molecule has 94 valence electrons. The van der Waals surface area contributed by atoms with Gasteiger partial charge in [0.1, 0.15) is 0 Å². The molecule has 0 aromatic carbocycles. The minimum atomic E-state index is -0.0278. The summed E-state index contributed by atoms with van der Waals surface area (Å²) in [5.74, 6) is 0.301. The van der Waals surface area contributed by atoms with E-state index in [2.05, 4.69) is 35.1 Å². The van der Waals surface area contributed by atoms with Crippen molar-refractivity contribution in [1.82, 2.24) is 5.32 Å². The van der Waals surface area contributed by atoms with E-state index in [0.29, 0.717) is 10.7 Å². The van der Waals surface area contributed by atoms with Crippen LogP contribution in [0.25, 0.3) is 0 Å². The Morgan fingerprint density at radius 3 is 2.56 bits per heavy atom. The molecule has 1 aliphatic rings. The summed E-state index contributed by atoms with van der Waals surface area (Å²) in [6, 6.07) is 0. The summed E-state index contributed by atoms with van der Waals surface area (Å²) in [6.45, 7) is 5.12. The number of carbonyl (C=O) groups is 1. The first-order chi connectivity index (χ1) is 7.60. The second-order valence-electron chi connectivity index (χ2n) is 5.02. The van der Waals surface area contributed by atoms with E-state index in [1.807, 2.05) is 0 Å². The van der Waals surface area contributed by atoms with E-state index in [1.54, 1.807) is 0 Å². The maximum absolute atomic E-state index is 12.1. The lowest BCUT2D eigenvalue weighted by molar-refractivity contribution is -0.131. The molecule has 16 heavy (non-hydrogen) atoms. The van der Waals surface area contributed by atoms with Gasteiger partial charge in [0.25, 0.3) is 0 Å². The Morgan fingerprint density at radius 2 is 2.06 bits per heavy atom. The largest absolute Gasteiger partial charge is 0.356 e. The van der Waals surface area contributed by atoms with Gasteiger partial charge in [0.15, 0.2) is 0 Å². The van der Waals surface area contributed by atoms with Gasteiger partial charge in [-0.05, 0) is 32.1 Å². The summed E-state index contributed by atoms with van der Waals surface area (Å²) in [5, 5.41) is 3.11.